The molecule has 1 heterocycles. The van der Waals surface area contributed by atoms with Crippen molar-refractivity contribution in [2.45, 2.75) is 45.1 Å². The molecular weight excluding hydrogens is 376 g/mol. The van der Waals surface area contributed by atoms with Crippen LogP contribution < -0.4 is 0 Å². The average molecular weight is 407 g/mol. The van der Waals surface area contributed by atoms with Crippen molar-refractivity contribution in [3.05, 3.63) is 64.7 Å². The maximum absolute atomic E-state index is 13.5. The summed E-state index contributed by atoms with van der Waals surface area (Å²) in [5, 5.41) is 10.5. The van der Waals surface area contributed by atoms with E-state index in [9.17, 15) is 14.7 Å². The van der Waals surface area contributed by atoms with E-state index in [0.29, 0.717) is 29.8 Å². The first-order valence-electron chi connectivity index (χ1n) is 10.5. The molecule has 1 N–H and O–H groups in total. The molecule has 4 rings (SSSR count). The molecule has 2 bridgehead atoms. The van der Waals surface area contributed by atoms with E-state index >= 15 is 0 Å². The van der Waals surface area contributed by atoms with Crippen molar-refractivity contribution >= 4 is 11.8 Å². The van der Waals surface area contributed by atoms with E-state index in [0.717, 1.165) is 12.0 Å². The number of likely N-dealkylation sites (tertiary alicyclic amines) is 1. The van der Waals surface area contributed by atoms with Crippen LogP contribution in [0.3, 0.4) is 0 Å². The number of fused-ring (bicyclic) bond motifs is 4. The maximum atomic E-state index is 13.5. The molecule has 1 aliphatic heterocycles. The lowest BCUT2D eigenvalue weighted by Gasteiger charge is -2.60. The number of amides is 2. The Balaban J connectivity index is 1.68. The van der Waals surface area contributed by atoms with Gasteiger partial charge >= 0.3 is 0 Å². The molecule has 0 radical (unpaired) electrons. The highest BCUT2D eigenvalue weighted by molar-refractivity contribution is 5.98. The van der Waals surface area contributed by atoms with Crippen LogP contribution >= 0.6 is 0 Å². The van der Waals surface area contributed by atoms with Gasteiger partial charge in [0.1, 0.15) is 5.75 Å². The fourth-order valence-electron chi connectivity index (χ4n) is 5.35. The van der Waals surface area contributed by atoms with Crippen LogP contribution in [0.15, 0.2) is 42.5 Å². The largest absolute Gasteiger partial charge is 0.508 e. The zero-order valence-electron chi connectivity index (χ0n) is 18.4. The number of carbonyl (C=O) groups excluding carboxylic acids is 2. The summed E-state index contributed by atoms with van der Waals surface area (Å²) in [4.78, 5) is 29.1. The number of rotatable bonds is 2. The van der Waals surface area contributed by atoms with Crippen molar-refractivity contribution in [3.63, 3.8) is 0 Å². The Hall–Kier alpha value is -2.82. The molecule has 5 heteroatoms. The summed E-state index contributed by atoms with van der Waals surface area (Å²) in [5.74, 6) is 0.223. The van der Waals surface area contributed by atoms with Gasteiger partial charge in [-0.2, -0.15) is 0 Å². The lowest BCUT2D eigenvalue weighted by Crippen LogP contribution is -2.64. The summed E-state index contributed by atoms with van der Waals surface area (Å²) >= 11 is 0. The third kappa shape index (κ3) is 2.83. The minimum atomic E-state index is -0.136. The third-order valence-corrected chi connectivity index (χ3v) is 7.67. The fourth-order valence-corrected chi connectivity index (χ4v) is 5.35. The summed E-state index contributed by atoms with van der Waals surface area (Å²) in [6.07, 6.45) is 1.49. The van der Waals surface area contributed by atoms with Gasteiger partial charge in [-0.3, -0.25) is 9.59 Å². The van der Waals surface area contributed by atoms with E-state index in [2.05, 4.69) is 26.8 Å². The van der Waals surface area contributed by atoms with Crippen LogP contribution in [0, 0.1) is 5.41 Å². The van der Waals surface area contributed by atoms with Crippen molar-refractivity contribution in [1.82, 2.24) is 9.80 Å². The molecule has 30 heavy (non-hydrogen) atoms. The first kappa shape index (κ1) is 20.5. The SMILES string of the molecule is CN(C)C(=O)c1ccc(C(=O)N2CCC3(C)c4cccc(O)c4C[C@@H]2C3(C)C)cc1. The summed E-state index contributed by atoms with van der Waals surface area (Å²) in [7, 11) is 3.43. The topological polar surface area (TPSA) is 60.9 Å². The van der Waals surface area contributed by atoms with E-state index in [-0.39, 0.29) is 28.7 Å². The van der Waals surface area contributed by atoms with Crippen LogP contribution in [-0.2, 0) is 11.8 Å². The molecule has 2 atom stereocenters. The zero-order chi connectivity index (χ0) is 21.8. The number of nitrogens with zero attached hydrogens (tertiary/aromatic N) is 2. The number of phenolic OH excluding ortho intramolecular Hbond substituents is 1. The molecule has 0 spiro atoms. The first-order chi connectivity index (χ1) is 14.1. The van der Waals surface area contributed by atoms with Gasteiger partial charge in [-0.1, -0.05) is 32.9 Å². The molecule has 0 saturated carbocycles. The summed E-state index contributed by atoms with van der Waals surface area (Å²) in [6.45, 7) is 7.42. The first-order valence-corrected chi connectivity index (χ1v) is 10.5. The number of benzene rings is 2. The quantitative estimate of drug-likeness (QED) is 0.824. The highest BCUT2D eigenvalue weighted by Gasteiger charge is 2.57. The predicted molar refractivity (Wildman–Crippen MR) is 117 cm³/mol. The number of hydrogen-bond donors (Lipinski definition) is 1. The van der Waals surface area contributed by atoms with Crippen molar-refractivity contribution in [3.8, 4) is 5.75 Å². The fraction of sp³-hybridized carbons (Fsp3) is 0.440. The van der Waals surface area contributed by atoms with Gasteiger partial charge in [0.2, 0.25) is 0 Å². The zero-order valence-corrected chi connectivity index (χ0v) is 18.4. The molecular formula is C25H30N2O3. The van der Waals surface area contributed by atoms with Gasteiger partial charge in [0.25, 0.3) is 11.8 Å². The normalized spacial score (nSPS) is 24.2. The third-order valence-electron chi connectivity index (χ3n) is 7.67. The number of hydrogen-bond acceptors (Lipinski definition) is 3. The van der Waals surface area contributed by atoms with Crippen molar-refractivity contribution in [2.24, 2.45) is 5.41 Å². The Morgan fingerprint density at radius 3 is 2.30 bits per heavy atom. The van der Waals surface area contributed by atoms with Crippen molar-refractivity contribution in [2.75, 3.05) is 20.6 Å². The van der Waals surface area contributed by atoms with Crippen LogP contribution in [0.25, 0.3) is 0 Å². The Morgan fingerprint density at radius 2 is 1.67 bits per heavy atom. The molecule has 1 saturated heterocycles. The minimum Gasteiger partial charge on any atom is -0.508 e. The Morgan fingerprint density at radius 1 is 1.03 bits per heavy atom. The standard InChI is InChI=1S/C25H30N2O3/c1-24(2)21-15-18-19(7-6-8-20(18)28)25(24,3)13-14-27(21)23(30)17-11-9-16(10-12-17)22(29)26(4)5/h6-12,21,28H,13-15H2,1-5H3/t21-,25?/m1/s1. The van der Waals surface area contributed by atoms with Crippen LogP contribution in [-0.4, -0.2) is 53.4 Å². The van der Waals surface area contributed by atoms with Crippen LogP contribution in [0.4, 0.5) is 0 Å². The summed E-state index contributed by atoms with van der Waals surface area (Å²) in [5.41, 5.74) is 3.09. The number of aromatic hydroxyl groups is 1. The van der Waals surface area contributed by atoms with Crippen LogP contribution in [0.2, 0.25) is 0 Å². The van der Waals surface area contributed by atoms with Gasteiger partial charge in [-0.25, -0.2) is 0 Å². The van der Waals surface area contributed by atoms with E-state index in [4.69, 9.17) is 0 Å². The van der Waals surface area contributed by atoms with Crippen molar-refractivity contribution in [1.29, 1.82) is 0 Å². The smallest absolute Gasteiger partial charge is 0.254 e. The molecule has 2 aliphatic rings. The predicted octanol–water partition coefficient (Wildman–Crippen LogP) is 3.85. The lowest BCUT2D eigenvalue weighted by molar-refractivity contribution is -0.0266. The molecule has 2 aromatic carbocycles. The van der Waals surface area contributed by atoms with Crippen LogP contribution in [0.5, 0.6) is 5.75 Å². The van der Waals surface area contributed by atoms with Crippen molar-refractivity contribution < 1.29 is 14.7 Å². The molecule has 2 aromatic rings. The molecule has 1 aliphatic carbocycles. The Labute approximate surface area is 178 Å². The Kier molecular flexibility index (Phi) is 4.68. The average Bonchev–Trinajstić information content (AvgIpc) is 2.70. The second-order valence-electron chi connectivity index (χ2n) is 9.60. The second-order valence-corrected chi connectivity index (χ2v) is 9.60. The molecule has 2 amide bonds. The molecule has 1 fully saturated rings. The van der Waals surface area contributed by atoms with Gasteiger partial charge in [0.05, 0.1) is 0 Å². The summed E-state index contributed by atoms with van der Waals surface area (Å²) < 4.78 is 0. The summed E-state index contributed by atoms with van der Waals surface area (Å²) in [6, 6.07) is 12.7. The van der Waals surface area contributed by atoms with E-state index < -0.39 is 0 Å². The van der Waals surface area contributed by atoms with Gasteiger partial charge in [0.15, 0.2) is 0 Å². The molecule has 0 aromatic heterocycles. The minimum absolute atomic E-state index is 0.00682. The maximum Gasteiger partial charge on any atom is 0.254 e. The molecule has 5 nitrogen and oxygen atoms in total. The van der Waals surface area contributed by atoms with E-state index in [1.165, 1.54) is 10.5 Å². The lowest BCUT2D eigenvalue weighted by atomic mass is 9.51. The molecule has 158 valence electrons. The van der Waals surface area contributed by atoms with Gasteiger partial charge in [-0.05, 0) is 59.7 Å². The van der Waals surface area contributed by atoms with Gasteiger partial charge in [0, 0.05) is 43.2 Å². The second kappa shape index (κ2) is 6.86. The highest BCUT2D eigenvalue weighted by Crippen LogP contribution is 2.57. The monoisotopic (exact) mass is 406 g/mol. The number of piperidine rings is 1. The number of carbonyl (C=O) groups is 2. The number of phenols is 1. The van der Waals surface area contributed by atoms with E-state index in [1.54, 1.807) is 44.4 Å². The van der Waals surface area contributed by atoms with Gasteiger partial charge in [-0.15, -0.1) is 0 Å². The van der Waals surface area contributed by atoms with E-state index in [1.807, 2.05) is 11.0 Å². The van der Waals surface area contributed by atoms with Crippen LogP contribution in [0.1, 0.15) is 59.0 Å². The molecule has 1 unspecified atom stereocenters. The van der Waals surface area contributed by atoms with Gasteiger partial charge < -0.3 is 14.9 Å². The Bertz CT molecular complexity index is 1010. The highest BCUT2D eigenvalue weighted by atomic mass is 16.3.